The van der Waals surface area contributed by atoms with E-state index in [2.05, 4.69) is 247 Å². The summed E-state index contributed by atoms with van der Waals surface area (Å²) < 4.78 is 4.83. The fourth-order valence-electron chi connectivity index (χ4n) is 11.0. The quantitative estimate of drug-likeness (QED) is 0.145. The predicted molar refractivity (Wildman–Crippen MR) is 311 cm³/mol. The normalized spacial score (nSPS) is 11.5. The minimum atomic E-state index is 0.590. The molecule has 0 saturated carbocycles. The molecule has 0 N–H and O–H groups in total. The van der Waals surface area contributed by atoms with Crippen molar-refractivity contribution in [1.82, 2.24) is 19.5 Å². The van der Waals surface area contributed by atoms with E-state index in [0.29, 0.717) is 5.82 Å². The molecule has 0 aliphatic heterocycles. The van der Waals surface area contributed by atoms with E-state index in [1.165, 1.54) is 10.8 Å². The van der Waals surface area contributed by atoms with E-state index in [1.54, 1.807) is 11.3 Å². The second-order valence-electron chi connectivity index (χ2n) is 18.6. The van der Waals surface area contributed by atoms with Crippen molar-refractivity contribution in [3.63, 3.8) is 0 Å². The van der Waals surface area contributed by atoms with Crippen molar-refractivity contribution in [2.45, 2.75) is 0 Å². The highest BCUT2D eigenvalue weighted by Gasteiger charge is 2.29. The smallest absolute Gasteiger partial charge is 0.179 e. The highest BCUT2D eigenvalue weighted by Crippen LogP contribution is 2.52. The molecule has 4 nitrogen and oxygen atoms in total. The number of hydrogen-bond donors (Lipinski definition) is 0. The predicted octanol–water partition coefficient (Wildman–Crippen LogP) is 18.7. The molecule has 0 spiro atoms. The van der Waals surface area contributed by atoms with Gasteiger partial charge < -0.3 is 4.57 Å². The highest BCUT2D eigenvalue weighted by atomic mass is 32.1. The summed E-state index contributed by atoms with van der Waals surface area (Å²) >= 11 is 1.74. The van der Waals surface area contributed by atoms with Crippen molar-refractivity contribution in [3.05, 3.63) is 267 Å². The largest absolute Gasteiger partial charge is 0.307 e. The van der Waals surface area contributed by atoms with Crippen LogP contribution >= 0.6 is 11.3 Å². The van der Waals surface area contributed by atoms with E-state index in [4.69, 9.17) is 15.0 Å². The Kier molecular flexibility index (Phi) is 10.7. The van der Waals surface area contributed by atoms with Crippen molar-refractivity contribution in [2.75, 3.05) is 0 Å². The Morgan fingerprint density at radius 2 is 0.770 bits per heavy atom. The molecule has 0 fully saturated rings. The molecule has 5 heteroatoms. The molecular formula is C69H44N4S. The summed E-state index contributed by atoms with van der Waals surface area (Å²) in [7, 11) is 0. The fourth-order valence-corrected chi connectivity index (χ4v) is 12.2. The first-order valence-electron chi connectivity index (χ1n) is 25.0. The maximum absolute atomic E-state index is 5.53. The zero-order valence-corrected chi connectivity index (χ0v) is 40.9. The number of rotatable bonds is 9. The molecule has 0 bridgehead atoms. The third kappa shape index (κ3) is 7.32. The summed E-state index contributed by atoms with van der Waals surface area (Å²) in [5, 5.41) is 3.44. The maximum atomic E-state index is 5.53. The number of aromatic nitrogens is 4. The van der Waals surface area contributed by atoms with E-state index in [1.807, 2.05) is 24.4 Å². The SMILES string of the molecule is c1ccc(-c2cc(-c3nc(-c4ccccn4)nc4c3sc3ccccc34)cc(-c3ccccc3)c2-n2c3c(-c4ccccc4)c(-c4ccccc4)ccc3c3ccc(-c4ccccc4)c(-c4ccccc4)c32)cc1. The van der Waals surface area contributed by atoms with Gasteiger partial charge in [0.05, 0.1) is 32.6 Å². The second kappa shape index (κ2) is 18.2. The van der Waals surface area contributed by atoms with E-state index in [0.717, 1.165) is 121 Å². The van der Waals surface area contributed by atoms with Crippen LogP contribution in [0.2, 0.25) is 0 Å². The standard InChI is InChI=1S/C69H44N4S/c1-7-23-45(24-8-1)52-38-40-54-55-41-39-53(46-25-9-2-10-26-46)62(50-33-17-6-18-34-50)67(55)73(66(54)61(52)49-31-15-5-16-32-49)65-57(47-27-11-3-12-28-47)43-51(44-58(65)48-29-13-4-14-30-48)63-68-64(56-35-19-20-37-60(56)74-68)72-69(71-63)59-36-21-22-42-70-59/h1-44H. The van der Waals surface area contributed by atoms with Gasteiger partial charge in [-0.15, -0.1) is 11.3 Å². The van der Waals surface area contributed by atoms with Crippen molar-refractivity contribution >= 4 is 53.4 Å². The summed E-state index contributed by atoms with van der Waals surface area (Å²) in [6.07, 6.45) is 1.82. The van der Waals surface area contributed by atoms with E-state index in [9.17, 15) is 0 Å². The van der Waals surface area contributed by atoms with Gasteiger partial charge in [0.25, 0.3) is 0 Å². The maximum Gasteiger partial charge on any atom is 0.179 e. The number of pyridine rings is 1. The van der Waals surface area contributed by atoms with Gasteiger partial charge in [-0.1, -0.05) is 231 Å². The first-order chi connectivity index (χ1) is 36.7. The lowest BCUT2D eigenvalue weighted by atomic mass is 9.90. The molecule has 0 aliphatic carbocycles. The Morgan fingerprint density at radius 3 is 1.24 bits per heavy atom. The molecule has 346 valence electrons. The topological polar surface area (TPSA) is 43.6 Å². The van der Waals surface area contributed by atoms with Crippen molar-refractivity contribution in [2.24, 2.45) is 0 Å². The van der Waals surface area contributed by atoms with Crippen LogP contribution in [0.5, 0.6) is 0 Å². The monoisotopic (exact) mass is 960 g/mol. The summed E-state index contributed by atoms with van der Waals surface area (Å²) in [4.78, 5) is 15.6. The molecule has 0 aliphatic rings. The van der Waals surface area contributed by atoms with Crippen molar-refractivity contribution in [3.8, 4) is 95.2 Å². The molecule has 14 aromatic rings. The van der Waals surface area contributed by atoms with Gasteiger partial charge in [-0.2, -0.15) is 0 Å². The third-order valence-electron chi connectivity index (χ3n) is 14.3. The molecule has 4 aromatic heterocycles. The highest BCUT2D eigenvalue weighted by molar-refractivity contribution is 7.26. The Labute approximate surface area is 432 Å². The Morgan fingerprint density at radius 1 is 0.338 bits per heavy atom. The molecule has 0 saturated heterocycles. The van der Waals surface area contributed by atoms with Gasteiger partial charge in [0, 0.05) is 54.9 Å². The lowest BCUT2D eigenvalue weighted by Gasteiger charge is -2.24. The fraction of sp³-hybridized carbons (Fsp3) is 0. The van der Waals surface area contributed by atoms with Gasteiger partial charge in [0.15, 0.2) is 5.82 Å². The minimum absolute atomic E-state index is 0.590. The van der Waals surface area contributed by atoms with Crippen LogP contribution in [0.1, 0.15) is 0 Å². The number of nitrogens with zero attached hydrogens (tertiary/aromatic N) is 4. The Balaban J connectivity index is 1.22. The van der Waals surface area contributed by atoms with Gasteiger partial charge in [-0.05, 0) is 74.8 Å². The third-order valence-corrected chi connectivity index (χ3v) is 15.4. The van der Waals surface area contributed by atoms with Gasteiger partial charge >= 0.3 is 0 Å². The number of fused-ring (bicyclic) bond motifs is 6. The summed E-state index contributed by atoms with van der Waals surface area (Å²) in [6.45, 7) is 0. The van der Waals surface area contributed by atoms with E-state index in [-0.39, 0.29) is 0 Å². The zero-order chi connectivity index (χ0) is 49.0. The number of benzene rings is 10. The molecule has 0 radical (unpaired) electrons. The van der Waals surface area contributed by atoms with Crippen LogP contribution in [0.15, 0.2) is 267 Å². The molecule has 10 aromatic carbocycles. The van der Waals surface area contributed by atoms with Crippen molar-refractivity contribution < 1.29 is 0 Å². The summed E-state index contributed by atoms with van der Waals surface area (Å²) in [6, 6.07) is 94.1. The molecule has 0 atom stereocenters. The van der Waals surface area contributed by atoms with Gasteiger partial charge in [0.1, 0.15) is 5.69 Å². The summed E-state index contributed by atoms with van der Waals surface area (Å²) in [5.41, 5.74) is 20.4. The molecule has 14 rings (SSSR count). The average Bonchev–Trinajstić information content (AvgIpc) is 4.10. The Hall–Kier alpha value is -9.55. The average molecular weight is 961 g/mol. The lowest BCUT2D eigenvalue weighted by molar-refractivity contribution is 1.17. The summed E-state index contributed by atoms with van der Waals surface area (Å²) in [5.74, 6) is 0.590. The van der Waals surface area contributed by atoms with Crippen LogP contribution < -0.4 is 0 Å². The second-order valence-corrected chi connectivity index (χ2v) is 19.7. The van der Waals surface area contributed by atoms with Crippen LogP contribution in [0.25, 0.3) is 137 Å². The van der Waals surface area contributed by atoms with E-state index >= 15 is 0 Å². The van der Waals surface area contributed by atoms with Crippen LogP contribution in [0.3, 0.4) is 0 Å². The van der Waals surface area contributed by atoms with Gasteiger partial charge in [-0.25, -0.2) is 9.97 Å². The zero-order valence-electron chi connectivity index (χ0n) is 40.1. The minimum Gasteiger partial charge on any atom is -0.307 e. The molecule has 4 heterocycles. The van der Waals surface area contributed by atoms with Gasteiger partial charge in [-0.3, -0.25) is 4.98 Å². The van der Waals surface area contributed by atoms with Crippen LogP contribution in [-0.2, 0) is 0 Å². The van der Waals surface area contributed by atoms with Crippen LogP contribution in [0, 0.1) is 0 Å². The van der Waals surface area contributed by atoms with Crippen LogP contribution in [0.4, 0.5) is 0 Å². The van der Waals surface area contributed by atoms with Crippen LogP contribution in [-0.4, -0.2) is 19.5 Å². The van der Waals surface area contributed by atoms with E-state index < -0.39 is 0 Å². The van der Waals surface area contributed by atoms with Crippen molar-refractivity contribution in [1.29, 1.82) is 0 Å². The lowest BCUT2D eigenvalue weighted by Crippen LogP contribution is -2.05. The Bertz CT molecular complexity index is 4160. The molecular weight excluding hydrogens is 917 g/mol. The molecule has 0 amide bonds. The molecule has 0 unspecified atom stereocenters. The first kappa shape index (κ1) is 43.3. The van der Waals surface area contributed by atoms with Gasteiger partial charge in [0.2, 0.25) is 0 Å². The first-order valence-corrected chi connectivity index (χ1v) is 25.8. The number of hydrogen-bond acceptors (Lipinski definition) is 4. The molecule has 74 heavy (non-hydrogen) atoms. The number of thiophene rings is 1.